The van der Waals surface area contributed by atoms with Crippen molar-refractivity contribution in [2.45, 2.75) is 53.8 Å². The number of benzene rings is 1. The Labute approximate surface area is 134 Å². The zero-order valence-electron chi connectivity index (χ0n) is 14.7. The molecule has 124 valence electrons. The van der Waals surface area contributed by atoms with E-state index in [9.17, 15) is 4.79 Å². The molecule has 22 heavy (non-hydrogen) atoms. The fraction of sp³-hybridized carbons (Fsp3) is 0.611. The fourth-order valence-corrected chi connectivity index (χ4v) is 2.12. The number of Topliss-reactive ketones (excluding diaryl/α,β-unsaturated/α-hetero) is 1. The van der Waals surface area contributed by atoms with Crippen molar-refractivity contribution in [2.75, 3.05) is 19.6 Å². The quantitative estimate of drug-likeness (QED) is 0.651. The van der Waals surface area contributed by atoms with Gasteiger partial charge in [0.05, 0.1) is 18.8 Å². The Kier molecular flexibility index (Phi) is 7.39. The summed E-state index contributed by atoms with van der Waals surface area (Å²) < 4.78 is 11.6. The lowest BCUT2D eigenvalue weighted by Crippen LogP contribution is -2.29. The molecule has 4 heteroatoms. The van der Waals surface area contributed by atoms with Gasteiger partial charge in [0.2, 0.25) is 0 Å². The molecule has 4 nitrogen and oxygen atoms in total. The fourth-order valence-electron chi connectivity index (χ4n) is 2.12. The zero-order chi connectivity index (χ0) is 16.7. The van der Waals surface area contributed by atoms with Gasteiger partial charge < -0.3 is 9.47 Å². The number of likely N-dealkylation sites (N-methyl/N-ethyl adjacent to an activating group) is 1. The monoisotopic (exact) mass is 307 g/mol. The van der Waals surface area contributed by atoms with Crippen molar-refractivity contribution < 1.29 is 14.3 Å². The number of hydrogen-bond acceptors (Lipinski definition) is 4. The van der Waals surface area contributed by atoms with Crippen LogP contribution in [0.3, 0.4) is 0 Å². The molecule has 0 saturated heterocycles. The molecule has 0 N–H and O–H groups in total. The van der Waals surface area contributed by atoms with Crippen LogP contribution in [0.2, 0.25) is 0 Å². The average Bonchev–Trinajstić information content (AvgIpc) is 2.45. The lowest BCUT2D eigenvalue weighted by atomic mass is 10.1. The molecule has 1 aromatic rings. The van der Waals surface area contributed by atoms with Crippen LogP contribution in [0.5, 0.6) is 11.5 Å². The van der Waals surface area contributed by atoms with E-state index in [1.54, 1.807) is 6.07 Å². The van der Waals surface area contributed by atoms with Crippen LogP contribution in [-0.2, 0) is 0 Å². The molecule has 0 aliphatic rings. The van der Waals surface area contributed by atoms with Gasteiger partial charge >= 0.3 is 0 Å². The highest BCUT2D eigenvalue weighted by Gasteiger charge is 2.15. The van der Waals surface area contributed by atoms with Crippen LogP contribution in [0.4, 0.5) is 0 Å². The van der Waals surface area contributed by atoms with Crippen molar-refractivity contribution in [1.29, 1.82) is 0 Å². The maximum absolute atomic E-state index is 12.4. The Morgan fingerprint density at radius 3 is 2.05 bits per heavy atom. The lowest BCUT2D eigenvalue weighted by molar-refractivity contribution is 0.0936. The van der Waals surface area contributed by atoms with Crippen LogP contribution < -0.4 is 9.47 Å². The summed E-state index contributed by atoms with van der Waals surface area (Å²) in [5.74, 6) is 1.42. The first-order valence-corrected chi connectivity index (χ1v) is 8.10. The molecule has 0 unspecified atom stereocenters. The molecule has 0 bridgehead atoms. The van der Waals surface area contributed by atoms with Crippen LogP contribution in [0.1, 0.15) is 51.9 Å². The van der Waals surface area contributed by atoms with E-state index in [4.69, 9.17) is 9.47 Å². The summed E-state index contributed by atoms with van der Waals surface area (Å²) in [6, 6.07) is 5.44. The first-order chi connectivity index (χ1) is 10.4. The number of hydrogen-bond donors (Lipinski definition) is 0. The van der Waals surface area contributed by atoms with Gasteiger partial charge in [0.25, 0.3) is 0 Å². The lowest BCUT2D eigenvalue weighted by Gasteiger charge is -2.19. The predicted molar refractivity (Wildman–Crippen MR) is 90.1 cm³/mol. The van der Waals surface area contributed by atoms with E-state index in [1.807, 2.05) is 39.8 Å². The van der Waals surface area contributed by atoms with Gasteiger partial charge in [-0.15, -0.1) is 0 Å². The second kappa shape index (κ2) is 8.79. The van der Waals surface area contributed by atoms with E-state index >= 15 is 0 Å². The van der Waals surface area contributed by atoms with Gasteiger partial charge in [-0.1, -0.05) is 13.8 Å². The van der Waals surface area contributed by atoms with Gasteiger partial charge in [-0.2, -0.15) is 0 Å². The molecule has 0 aliphatic heterocycles. The second-order valence-electron chi connectivity index (χ2n) is 5.88. The molecular formula is C18H29NO3. The predicted octanol–water partition coefficient (Wildman–Crippen LogP) is 3.79. The Morgan fingerprint density at radius 2 is 1.55 bits per heavy atom. The number of nitrogens with zero attached hydrogens (tertiary/aromatic N) is 1. The van der Waals surface area contributed by atoms with Crippen molar-refractivity contribution >= 4 is 5.78 Å². The third kappa shape index (κ3) is 5.68. The van der Waals surface area contributed by atoms with Gasteiger partial charge in [-0.3, -0.25) is 9.69 Å². The van der Waals surface area contributed by atoms with Crippen molar-refractivity contribution in [3.63, 3.8) is 0 Å². The second-order valence-corrected chi connectivity index (χ2v) is 5.88. The van der Waals surface area contributed by atoms with Gasteiger partial charge in [0, 0.05) is 5.56 Å². The number of carbonyl (C=O) groups is 1. The minimum atomic E-state index is 0.0302. The van der Waals surface area contributed by atoms with Crippen LogP contribution in [0.25, 0.3) is 0 Å². The number of ketones is 1. The van der Waals surface area contributed by atoms with Gasteiger partial charge in [0.15, 0.2) is 17.3 Å². The van der Waals surface area contributed by atoms with E-state index in [0.717, 1.165) is 13.1 Å². The zero-order valence-corrected chi connectivity index (χ0v) is 14.7. The molecule has 0 radical (unpaired) electrons. The number of carbonyl (C=O) groups excluding carboxylic acids is 1. The summed E-state index contributed by atoms with van der Waals surface area (Å²) in [6.45, 7) is 14.1. The summed E-state index contributed by atoms with van der Waals surface area (Å²) in [5.41, 5.74) is 0.665. The summed E-state index contributed by atoms with van der Waals surface area (Å²) in [6.07, 6.45) is 0.0920. The normalized spacial score (nSPS) is 11.3. The van der Waals surface area contributed by atoms with E-state index in [-0.39, 0.29) is 18.0 Å². The van der Waals surface area contributed by atoms with Gasteiger partial charge in [-0.05, 0) is 59.0 Å². The molecule has 0 atom stereocenters. The Balaban J connectivity index is 2.99. The number of ether oxygens (including phenoxy) is 2. The summed E-state index contributed by atoms with van der Waals surface area (Å²) in [5, 5.41) is 0. The van der Waals surface area contributed by atoms with E-state index in [0.29, 0.717) is 23.6 Å². The highest BCUT2D eigenvalue weighted by atomic mass is 16.5. The third-order valence-corrected chi connectivity index (χ3v) is 3.25. The molecule has 1 rings (SSSR count). The molecule has 0 spiro atoms. The summed E-state index contributed by atoms with van der Waals surface area (Å²) in [4.78, 5) is 14.5. The van der Waals surface area contributed by atoms with Gasteiger partial charge in [-0.25, -0.2) is 0 Å². The SMILES string of the molecule is CCN(CC)CC(=O)c1ccc(OC(C)C)c(OC(C)C)c1. The van der Waals surface area contributed by atoms with E-state index < -0.39 is 0 Å². The van der Waals surface area contributed by atoms with Crippen LogP contribution in [0.15, 0.2) is 18.2 Å². The molecule has 0 aliphatic carbocycles. The maximum Gasteiger partial charge on any atom is 0.176 e. The van der Waals surface area contributed by atoms with Crippen molar-refractivity contribution in [3.05, 3.63) is 23.8 Å². The molecule has 0 amide bonds. The third-order valence-electron chi connectivity index (χ3n) is 3.25. The largest absolute Gasteiger partial charge is 0.487 e. The Hall–Kier alpha value is -1.55. The summed E-state index contributed by atoms with van der Waals surface area (Å²) >= 11 is 0. The molecule has 1 aromatic carbocycles. The molecule has 0 heterocycles. The van der Waals surface area contributed by atoms with Crippen LogP contribution >= 0.6 is 0 Å². The Morgan fingerprint density at radius 1 is 1.00 bits per heavy atom. The van der Waals surface area contributed by atoms with E-state index in [2.05, 4.69) is 18.7 Å². The average molecular weight is 307 g/mol. The number of rotatable bonds is 9. The van der Waals surface area contributed by atoms with Crippen molar-refractivity contribution in [3.8, 4) is 11.5 Å². The highest BCUT2D eigenvalue weighted by Crippen LogP contribution is 2.30. The molecule has 0 fully saturated rings. The molecule has 0 aromatic heterocycles. The van der Waals surface area contributed by atoms with Crippen LogP contribution in [-0.4, -0.2) is 42.5 Å². The standard InChI is InChI=1S/C18H29NO3/c1-7-19(8-2)12-16(20)15-9-10-17(21-13(3)4)18(11-15)22-14(5)6/h9-11,13-14H,7-8,12H2,1-6H3. The van der Waals surface area contributed by atoms with Crippen LogP contribution in [0, 0.1) is 0 Å². The smallest absolute Gasteiger partial charge is 0.176 e. The first kappa shape index (κ1) is 18.5. The minimum absolute atomic E-state index is 0.0302. The van der Waals surface area contributed by atoms with Crippen molar-refractivity contribution in [1.82, 2.24) is 4.90 Å². The minimum Gasteiger partial charge on any atom is -0.487 e. The highest BCUT2D eigenvalue weighted by molar-refractivity contribution is 5.98. The van der Waals surface area contributed by atoms with E-state index in [1.165, 1.54) is 0 Å². The molecule has 0 saturated carbocycles. The maximum atomic E-state index is 12.4. The van der Waals surface area contributed by atoms with Crippen molar-refractivity contribution in [2.24, 2.45) is 0 Å². The Bertz CT molecular complexity index is 479. The van der Waals surface area contributed by atoms with Gasteiger partial charge in [0.1, 0.15) is 0 Å². The summed E-state index contributed by atoms with van der Waals surface area (Å²) in [7, 11) is 0. The first-order valence-electron chi connectivity index (χ1n) is 8.10. The molecular weight excluding hydrogens is 278 g/mol. The topological polar surface area (TPSA) is 38.8 Å².